The van der Waals surface area contributed by atoms with Gasteiger partial charge in [-0.15, -0.1) is 6.58 Å². The van der Waals surface area contributed by atoms with Crippen LogP contribution in [0, 0.1) is 10.6 Å². The molecule has 2 aromatic rings. The summed E-state index contributed by atoms with van der Waals surface area (Å²) in [6.07, 6.45) is 2.61. The Bertz CT molecular complexity index is 650. The standard InChI is InChI=1S/C13H14ClFN2OS/c1-2-3-5-18-6-4-17-12-8-10(15)9(14)7-11(12)16-13(17)19/h2,7-8H,1,3-6H2,(H,16,19). The third-order valence-corrected chi connectivity index (χ3v) is 3.35. The lowest BCUT2D eigenvalue weighted by molar-refractivity contribution is 0.131. The Morgan fingerprint density at radius 2 is 2.26 bits per heavy atom. The van der Waals surface area contributed by atoms with Crippen molar-refractivity contribution in [1.82, 2.24) is 9.55 Å². The molecule has 0 radical (unpaired) electrons. The fourth-order valence-corrected chi connectivity index (χ4v) is 2.26. The average molecular weight is 301 g/mol. The van der Waals surface area contributed by atoms with E-state index >= 15 is 0 Å². The quantitative estimate of drug-likeness (QED) is 0.495. The van der Waals surface area contributed by atoms with Crippen molar-refractivity contribution in [1.29, 1.82) is 0 Å². The summed E-state index contributed by atoms with van der Waals surface area (Å²) in [5.41, 5.74) is 1.42. The predicted octanol–water partition coefficient (Wildman–Crippen LogP) is 4.08. The van der Waals surface area contributed by atoms with Gasteiger partial charge in [-0.3, -0.25) is 0 Å². The summed E-state index contributed by atoms with van der Waals surface area (Å²) in [5, 5.41) is 0.0816. The summed E-state index contributed by atoms with van der Waals surface area (Å²) >= 11 is 10.9. The Morgan fingerprint density at radius 1 is 1.47 bits per heavy atom. The Balaban J connectivity index is 2.18. The molecule has 0 spiro atoms. The van der Waals surface area contributed by atoms with Gasteiger partial charge in [-0.1, -0.05) is 17.7 Å². The van der Waals surface area contributed by atoms with E-state index in [1.807, 2.05) is 0 Å². The van der Waals surface area contributed by atoms with Gasteiger partial charge in [0, 0.05) is 12.6 Å². The fraction of sp³-hybridized carbons (Fsp3) is 0.308. The third kappa shape index (κ3) is 3.23. The normalized spacial score (nSPS) is 11.1. The second-order valence-corrected chi connectivity index (χ2v) is 4.85. The zero-order valence-corrected chi connectivity index (χ0v) is 11.9. The maximum absolute atomic E-state index is 13.5. The number of H-pyrrole nitrogens is 1. The van der Waals surface area contributed by atoms with Crippen LogP contribution in [0.25, 0.3) is 11.0 Å². The van der Waals surface area contributed by atoms with E-state index < -0.39 is 5.82 Å². The zero-order valence-electron chi connectivity index (χ0n) is 10.3. The number of fused-ring (bicyclic) bond motifs is 1. The topological polar surface area (TPSA) is 29.9 Å². The third-order valence-electron chi connectivity index (χ3n) is 2.74. The highest BCUT2D eigenvalue weighted by Crippen LogP contribution is 2.22. The second-order valence-electron chi connectivity index (χ2n) is 4.05. The Labute approximate surface area is 120 Å². The summed E-state index contributed by atoms with van der Waals surface area (Å²) in [4.78, 5) is 3.00. The highest BCUT2D eigenvalue weighted by molar-refractivity contribution is 7.71. The van der Waals surface area contributed by atoms with E-state index in [0.717, 1.165) is 11.9 Å². The van der Waals surface area contributed by atoms with Crippen molar-refractivity contribution in [2.75, 3.05) is 13.2 Å². The number of imidazole rings is 1. The van der Waals surface area contributed by atoms with Crippen molar-refractivity contribution in [3.63, 3.8) is 0 Å². The van der Waals surface area contributed by atoms with E-state index in [1.165, 1.54) is 12.1 Å². The van der Waals surface area contributed by atoms with Gasteiger partial charge in [-0.05, 0) is 24.7 Å². The lowest BCUT2D eigenvalue weighted by atomic mass is 10.3. The molecule has 1 aromatic carbocycles. The first-order chi connectivity index (χ1) is 9.13. The largest absolute Gasteiger partial charge is 0.379 e. The molecule has 6 heteroatoms. The molecule has 19 heavy (non-hydrogen) atoms. The maximum atomic E-state index is 13.5. The monoisotopic (exact) mass is 300 g/mol. The Hall–Kier alpha value is -1.17. The summed E-state index contributed by atoms with van der Waals surface area (Å²) in [5.74, 6) is -0.454. The van der Waals surface area contributed by atoms with E-state index in [2.05, 4.69) is 11.6 Å². The summed E-state index contributed by atoms with van der Waals surface area (Å²) in [7, 11) is 0. The molecule has 0 fully saturated rings. The Kier molecular flexibility index (Phi) is 4.74. The molecule has 0 atom stereocenters. The molecule has 3 nitrogen and oxygen atoms in total. The van der Waals surface area contributed by atoms with Gasteiger partial charge >= 0.3 is 0 Å². The first-order valence-electron chi connectivity index (χ1n) is 5.89. The summed E-state index contributed by atoms with van der Waals surface area (Å²) in [6.45, 7) is 5.32. The summed E-state index contributed by atoms with van der Waals surface area (Å²) in [6, 6.07) is 2.92. The molecular weight excluding hydrogens is 287 g/mol. The lowest BCUT2D eigenvalue weighted by Crippen LogP contribution is -2.06. The number of halogens is 2. The molecule has 0 amide bonds. The van der Waals surface area contributed by atoms with Gasteiger partial charge in [0.05, 0.1) is 29.3 Å². The molecule has 1 heterocycles. The molecule has 0 aliphatic carbocycles. The molecule has 1 N–H and O–H groups in total. The first-order valence-corrected chi connectivity index (χ1v) is 6.68. The SMILES string of the molecule is C=CCCOCCn1c(=S)[nH]c2cc(Cl)c(F)cc21. The van der Waals surface area contributed by atoms with E-state index in [-0.39, 0.29) is 5.02 Å². The van der Waals surface area contributed by atoms with E-state index in [0.29, 0.717) is 30.0 Å². The fourth-order valence-electron chi connectivity index (χ4n) is 1.80. The van der Waals surface area contributed by atoms with Crippen molar-refractivity contribution < 1.29 is 9.13 Å². The lowest BCUT2D eigenvalue weighted by Gasteiger charge is -2.05. The number of hydrogen-bond acceptors (Lipinski definition) is 2. The second kappa shape index (κ2) is 6.32. The minimum absolute atomic E-state index is 0.0816. The molecule has 102 valence electrons. The van der Waals surface area contributed by atoms with Gasteiger partial charge in [0.1, 0.15) is 5.82 Å². The van der Waals surface area contributed by atoms with Crippen molar-refractivity contribution in [2.45, 2.75) is 13.0 Å². The van der Waals surface area contributed by atoms with Crippen molar-refractivity contribution in [2.24, 2.45) is 0 Å². The smallest absolute Gasteiger partial charge is 0.178 e. The predicted molar refractivity (Wildman–Crippen MR) is 77.7 cm³/mol. The minimum atomic E-state index is -0.454. The highest BCUT2D eigenvalue weighted by atomic mass is 35.5. The number of ether oxygens (including phenoxy) is 1. The van der Waals surface area contributed by atoms with Crippen LogP contribution in [-0.4, -0.2) is 22.8 Å². The molecule has 0 unspecified atom stereocenters. The van der Waals surface area contributed by atoms with Crippen LogP contribution < -0.4 is 0 Å². The molecule has 0 aliphatic heterocycles. The van der Waals surface area contributed by atoms with Gasteiger partial charge in [0.2, 0.25) is 0 Å². The van der Waals surface area contributed by atoms with Crippen LogP contribution in [0.1, 0.15) is 6.42 Å². The molecular formula is C13H14ClFN2OS. The number of rotatable bonds is 6. The van der Waals surface area contributed by atoms with Crippen LogP contribution in [-0.2, 0) is 11.3 Å². The van der Waals surface area contributed by atoms with E-state index in [9.17, 15) is 4.39 Å². The number of hydrogen-bond donors (Lipinski definition) is 1. The number of aromatic amines is 1. The van der Waals surface area contributed by atoms with Crippen molar-refractivity contribution >= 4 is 34.9 Å². The summed E-state index contributed by atoms with van der Waals surface area (Å²) < 4.78 is 21.3. The van der Waals surface area contributed by atoms with Gasteiger partial charge in [0.25, 0.3) is 0 Å². The molecule has 1 aromatic heterocycles. The highest BCUT2D eigenvalue weighted by Gasteiger charge is 2.08. The van der Waals surface area contributed by atoms with Crippen LogP contribution in [0.5, 0.6) is 0 Å². The Morgan fingerprint density at radius 3 is 3.00 bits per heavy atom. The number of nitrogens with zero attached hydrogens (tertiary/aromatic N) is 1. The van der Waals surface area contributed by atoms with Crippen LogP contribution >= 0.6 is 23.8 Å². The van der Waals surface area contributed by atoms with Crippen LogP contribution in [0.3, 0.4) is 0 Å². The van der Waals surface area contributed by atoms with Crippen molar-refractivity contribution in [3.8, 4) is 0 Å². The molecule has 0 saturated heterocycles. The van der Waals surface area contributed by atoms with Crippen LogP contribution in [0.4, 0.5) is 4.39 Å². The van der Waals surface area contributed by atoms with E-state index in [4.69, 9.17) is 28.6 Å². The number of aromatic nitrogens is 2. The number of nitrogens with one attached hydrogen (secondary N) is 1. The average Bonchev–Trinajstić information content (AvgIpc) is 2.66. The van der Waals surface area contributed by atoms with Crippen molar-refractivity contribution in [3.05, 3.63) is 40.4 Å². The van der Waals surface area contributed by atoms with Gasteiger partial charge in [-0.25, -0.2) is 4.39 Å². The minimum Gasteiger partial charge on any atom is -0.379 e. The first kappa shape index (κ1) is 14.2. The van der Waals surface area contributed by atoms with Gasteiger partial charge < -0.3 is 14.3 Å². The molecule has 0 aliphatic rings. The maximum Gasteiger partial charge on any atom is 0.178 e. The van der Waals surface area contributed by atoms with Crippen LogP contribution in [0.15, 0.2) is 24.8 Å². The van der Waals surface area contributed by atoms with E-state index in [1.54, 1.807) is 10.6 Å². The van der Waals surface area contributed by atoms with Crippen LogP contribution in [0.2, 0.25) is 5.02 Å². The zero-order chi connectivity index (χ0) is 13.8. The van der Waals surface area contributed by atoms with Gasteiger partial charge in [-0.2, -0.15) is 0 Å². The number of benzene rings is 1. The molecule has 0 bridgehead atoms. The molecule has 2 rings (SSSR count). The van der Waals surface area contributed by atoms with Gasteiger partial charge in [0.15, 0.2) is 4.77 Å². The molecule has 0 saturated carbocycles.